The summed E-state index contributed by atoms with van der Waals surface area (Å²) in [6.45, 7) is 0. The van der Waals surface area contributed by atoms with E-state index in [4.69, 9.17) is 9.84 Å². The lowest BCUT2D eigenvalue weighted by Gasteiger charge is -2.12. The summed E-state index contributed by atoms with van der Waals surface area (Å²) in [5.41, 5.74) is 0.563. The van der Waals surface area contributed by atoms with Gasteiger partial charge in [-0.05, 0) is 18.9 Å². The van der Waals surface area contributed by atoms with E-state index in [9.17, 15) is 14.3 Å². The number of aromatic hydroxyl groups is 1. The van der Waals surface area contributed by atoms with E-state index in [0.29, 0.717) is 22.9 Å². The van der Waals surface area contributed by atoms with Gasteiger partial charge in [0.25, 0.3) is 0 Å². The van der Waals surface area contributed by atoms with Crippen LogP contribution < -0.4 is 4.74 Å². The molecule has 17 heavy (non-hydrogen) atoms. The van der Waals surface area contributed by atoms with E-state index >= 15 is 0 Å². The van der Waals surface area contributed by atoms with E-state index in [-0.39, 0.29) is 12.2 Å². The monoisotopic (exact) mass is 306 g/mol. The van der Waals surface area contributed by atoms with Gasteiger partial charge in [-0.15, -0.1) is 0 Å². The van der Waals surface area contributed by atoms with Gasteiger partial charge in [-0.2, -0.15) is 0 Å². The third-order valence-corrected chi connectivity index (χ3v) is 2.99. The highest BCUT2D eigenvalue weighted by Crippen LogP contribution is 2.38. The Labute approximate surface area is 106 Å². The smallest absolute Gasteiger partial charge is 0.303 e. The molecule has 1 aromatic rings. The van der Waals surface area contributed by atoms with Crippen molar-refractivity contribution in [3.8, 4) is 11.5 Å². The highest BCUT2D eigenvalue weighted by Gasteiger charge is 2.17. The number of phenolic OH excluding ortho intramolecular Hbond substituents is 1. The van der Waals surface area contributed by atoms with Crippen molar-refractivity contribution in [1.82, 2.24) is 0 Å². The SMILES string of the molecule is COc1c(O)c(F)cc(Br)c1CCCC(=O)O. The van der Waals surface area contributed by atoms with Crippen LogP contribution in [0.25, 0.3) is 0 Å². The molecule has 1 rings (SSSR count). The minimum atomic E-state index is -0.897. The number of aliphatic carboxylic acids is 1. The van der Waals surface area contributed by atoms with Gasteiger partial charge in [0, 0.05) is 16.5 Å². The molecule has 0 unspecified atom stereocenters. The van der Waals surface area contributed by atoms with Crippen LogP contribution in [-0.4, -0.2) is 23.3 Å². The molecule has 0 fully saturated rings. The van der Waals surface area contributed by atoms with Gasteiger partial charge in [0.15, 0.2) is 17.3 Å². The Balaban J connectivity index is 2.97. The summed E-state index contributed by atoms with van der Waals surface area (Å²) >= 11 is 3.16. The van der Waals surface area contributed by atoms with E-state index in [2.05, 4.69) is 15.9 Å². The van der Waals surface area contributed by atoms with Gasteiger partial charge in [-0.25, -0.2) is 4.39 Å². The van der Waals surface area contributed by atoms with Crippen LogP contribution in [0.2, 0.25) is 0 Å². The average molecular weight is 307 g/mol. The average Bonchev–Trinajstić information content (AvgIpc) is 2.25. The van der Waals surface area contributed by atoms with Crippen molar-refractivity contribution in [1.29, 1.82) is 0 Å². The molecule has 0 aliphatic carbocycles. The van der Waals surface area contributed by atoms with Gasteiger partial charge >= 0.3 is 5.97 Å². The Bertz CT molecular complexity index is 434. The number of rotatable bonds is 5. The normalized spacial score (nSPS) is 10.3. The molecule has 1 aromatic carbocycles. The van der Waals surface area contributed by atoms with Gasteiger partial charge in [0.05, 0.1) is 7.11 Å². The second kappa shape index (κ2) is 5.86. The molecule has 0 bridgehead atoms. The largest absolute Gasteiger partial charge is 0.502 e. The summed E-state index contributed by atoms with van der Waals surface area (Å²) in [5.74, 6) is -2.19. The molecule has 0 spiro atoms. The van der Waals surface area contributed by atoms with Crippen molar-refractivity contribution in [3.63, 3.8) is 0 Å². The molecule has 94 valence electrons. The standard InChI is InChI=1S/C11H12BrFO4/c1-17-11-6(3-2-4-9(14)15)7(12)5-8(13)10(11)16/h5,16H,2-4H2,1H3,(H,14,15). The molecule has 0 aromatic heterocycles. The summed E-state index contributed by atoms with van der Waals surface area (Å²) in [6.07, 6.45) is 0.771. The van der Waals surface area contributed by atoms with Crippen molar-refractivity contribution in [2.45, 2.75) is 19.3 Å². The highest BCUT2D eigenvalue weighted by molar-refractivity contribution is 9.10. The summed E-state index contributed by atoms with van der Waals surface area (Å²) in [5, 5.41) is 18.0. The van der Waals surface area contributed by atoms with E-state index < -0.39 is 17.5 Å². The molecule has 0 heterocycles. The van der Waals surface area contributed by atoms with Crippen LogP contribution in [0.15, 0.2) is 10.5 Å². The molecule has 2 N–H and O–H groups in total. The van der Waals surface area contributed by atoms with Crippen molar-refractivity contribution in [2.24, 2.45) is 0 Å². The first-order chi connectivity index (χ1) is 7.97. The second-order valence-corrected chi connectivity index (χ2v) is 4.30. The van der Waals surface area contributed by atoms with E-state index in [1.54, 1.807) is 0 Å². The lowest BCUT2D eigenvalue weighted by atomic mass is 10.1. The number of hydrogen-bond donors (Lipinski definition) is 2. The van der Waals surface area contributed by atoms with Crippen LogP contribution in [0.5, 0.6) is 11.5 Å². The number of methoxy groups -OCH3 is 1. The molecule has 0 saturated heterocycles. The maximum Gasteiger partial charge on any atom is 0.303 e. The lowest BCUT2D eigenvalue weighted by Crippen LogP contribution is -2.00. The molecular weight excluding hydrogens is 295 g/mol. The number of hydrogen-bond acceptors (Lipinski definition) is 3. The third-order valence-electron chi connectivity index (χ3n) is 2.28. The van der Waals surface area contributed by atoms with Gasteiger partial charge in [0.1, 0.15) is 0 Å². The Kier molecular flexibility index (Phi) is 4.74. The summed E-state index contributed by atoms with van der Waals surface area (Å²) in [4.78, 5) is 10.4. The maximum atomic E-state index is 13.2. The highest BCUT2D eigenvalue weighted by atomic mass is 79.9. The fourth-order valence-corrected chi connectivity index (χ4v) is 2.08. The fourth-order valence-electron chi connectivity index (χ4n) is 1.50. The maximum absolute atomic E-state index is 13.2. The molecule has 0 aliphatic heterocycles. The number of carboxylic acids is 1. The first kappa shape index (κ1) is 13.8. The van der Waals surface area contributed by atoms with E-state index in [1.165, 1.54) is 7.11 Å². The number of phenols is 1. The Morgan fingerprint density at radius 1 is 1.59 bits per heavy atom. The number of carbonyl (C=O) groups is 1. The quantitative estimate of drug-likeness (QED) is 0.878. The first-order valence-corrected chi connectivity index (χ1v) is 5.72. The fraction of sp³-hybridized carbons (Fsp3) is 0.364. The van der Waals surface area contributed by atoms with Crippen molar-refractivity contribution in [2.75, 3.05) is 7.11 Å². The number of carboxylic acid groups (broad SMARTS) is 1. The molecule has 0 amide bonds. The zero-order valence-electron chi connectivity index (χ0n) is 9.17. The van der Waals surface area contributed by atoms with Crippen molar-refractivity contribution < 1.29 is 24.1 Å². The zero-order valence-corrected chi connectivity index (χ0v) is 10.8. The molecule has 6 heteroatoms. The van der Waals surface area contributed by atoms with Crippen LogP contribution >= 0.6 is 15.9 Å². The van der Waals surface area contributed by atoms with Crippen LogP contribution in [0.3, 0.4) is 0 Å². The summed E-state index contributed by atoms with van der Waals surface area (Å²) < 4.78 is 18.6. The molecule has 0 saturated carbocycles. The Hall–Kier alpha value is -1.30. The topological polar surface area (TPSA) is 66.8 Å². The van der Waals surface area contributed by atoms with Gasteiger partial charge in [-0.3, -0.25) is 4.79 Å². The molecule has 4 nitrogen and oxygen atoms in total. The molecule has 0 radical (unpaired) electrons. The number of halogens is 2. The summed E-state index contributed by atoms with van der Waals surface area (Å²) in [6, 6.07) is 1.13. The van der Waals surface area contributed by atoms with Crippen molar-refractivity contribution in [3.05, 3.63) is 21.9 Å². The van der Waals surface area contributed by atoms with Crippen LogP contribution in [0.4, 0.5) is 4.39 Å². The minimum Gasteiger partial charge on any atom is -0.502 e. The van der Waals surface area contributed by atoms with Gasteiger partial charge in [0.2, 0.25) is 0 Å². The lowest BCUT2D eigenvalue weighted by molar-refractivity contribution is -0.137. The molecule has 0 aliphatic rings. The number of ether oxygens (including phenoxy) is 1. The van der Waals surface area contributed by atoms with E-state index in [0.717, 1.165) is 6.07 Å². The number of benzene rings is 1. The van der Waals surface area contributed by atoms with Crippen LogP contribution in [0.1, 0.15) is 18.4 Å². The molecule has 0 atom stereocenters. The van der Waals surface area contributed by atoms with E-state index in [1.807, 2.05) is 0 Å². The first-order valence-electron chi connectivity index (χ1n) is 4.93. The Morgan fingerprint density at radius 2 is 2.24 bits per heavy atom. The minimum absolute atomic E-state index is 0.00767. The predicted octanol–water partition coefficient (Wildman–Crippen LogP) is 2.71. The molecular formula is C11H12BrFO4. The van der Waals surface area contributed by atoms with Gasteiger partial charge < -0.3 is 14.9 Å². The van der Waals surface area contributed by atoms with Gasteiger partial charge in [-0.1, -0.05) is 15.9 Å². The van der Waals surface area contributed by atoms with Crippen LogP contribution in [-0.2, 0) is 11.2 Å². The van der Waals surface area contributed by atoms with Crippen LogP contribution in [0, 0.1) is 5.82 Å². The summed E-state index contributed by atoms with van der Waals surface area (Å²) in [7, 11) is 1.32. The van der Waals surface area contributed by atoms with Crippen molar-refractivity contribution >= 4 is 21.9 Å². The predicted molar refractivity (Wildman–Crippen MR) is 62.9 cm³/mol. The zero-order chi connectivity index (χ0) is 13.0. The third kappa shape index (κ3) is 3.33. The Morgan fingerprint density at radius 3 is 2.76 bits per heavy atom. The second-order valence-electron chi connectivity index (χ2n) is 3.45.